The van der Waals surface area contributed by atoms with Crippen LogP contribution in [0.4, 0.5) is 4.39 Å². The first-order chi connectivity index (χ1) is 8.01. The Labute approximate surface area is 103 Å². The van der Waals surface area contributed by atoms with Gasteiger partial charge in [0.05, 0.1) is 18.7 Å². The molecule has 1 unspecified atom stereocenters. The Balaban J connectivity index is 3.15. The van der Waals surface area contributed by atoms with Crippen molar-refractivity contribution in [2.75, 3.05) is 13.7 Å². The Morgan fingerprint density at radius 2 is 2.24 bits per heavy atom. The molecule has 1 aromatic rings. The lowest BCUT2D eigenvalue weighted by Gasteiger charge is -2.16. The summed E-state index contributed by atoms with van der Waals surface area (Å²) in [6.45, 7) is 1.91. The third-order valence-corrected chi connectivity index (χ3v) is 2.36. The van der Waals surface area contributed by atoms with E-state index in [1.54, 1.807) is 6.92 Å². The highest BCUT2D eigenvalue weighted by Crippen LogP contribution is 2.34. The largest absolute Gasteiger partial charge is 0.495 e. The summed E-state index contributed by atoms with van der Waals surface area (Å²) in [4.78, 5) is 0. The predicted molar refractivity (Wildman–Crippen MR) is 62.3 cm³/mol. The van der Waals surface area contributed by atoms with Crippen LogP contribution in [0.1, 0.15) is 18.6 Å². The number of rotatable bonds is 4. The molecule has 94 valence electrons. The van der Waals surface area contributed by atoms with Crippen LogP contribution >= 0.6 is 11.6 Å². The van der Waals surface area contributed by atoms with Crippen molar-refractivity contribution in [1.82, 2.24) is 0 Å². The summed E-state index contributed by atoms with van der Waals surface area (Å²) in [5, 5.41) is 17.3. The first kappa shape index (κ1) is 13.7. The van der Waals surface area contributed by atoms with Gasteiger partial charge in [0.2, 0.25) is 5.90 Å². The molecule has 0 heterocycles. The van der Waals surface area contributed by atoms with E-state index in [1.165, 1.54) is 7.11 Å². The van der Waals surface area contributed by atoms with Crippen LogP contribution in [-0.4, -0.2) is 24.7 Å². The van der Waals surface area contributed by atoms with Gasteiger partial charge in [-0.1, -0.05) is 11.6 Å². The van der Waals surface area contributed by atoms with Gasteiger partial charge in [-0.3, -0.25) is 5.41 Å². The molecule has 0 aliphatic rings. The van der Waals surface area contributed by atoms with Gasteiger partial charge in [-0.15, -0.1) is 0 Å². The second-order valence-corrected chi connectivity index (χ2v) is 3.62. The fraction of sp³-hybridized carbons (Fsp3) is 0.364. The van der Waals surface area contributed by atoms with E-state index in [0.29, 0.717) is 0 Å². The van der Waals surface area contributed by atoms with Gasteiger partial charge < -0.3 is 14.6 Å². The van der Waals surface area contributed by atoms with E-state index in [4.69, 9.17) is 26.5 Å². The summed E-state index contributed by atoms with van der Waals surface area (Å²) in [6.07, 6.45) is -1.40. The van der Waals surface area contributed by atoms with E-state index in [0.717, 1.165) is 12.1 Å². The summed E-state index contributed by atoms with van der Waals surface area (Å²) in [5.74, 6) is -0.869. The number of benzene rings is 1. The van der Waals surface area contributed by atoms with Gasteiger partial charge in [0.15, 0.2) is 6.10 Å². The maximum atomic E-state index is 13.2. The Kier molecular flexibility index (Phi) is 4.72. The maximum Gasteiger partial charge on any atom is 0.215 e. The van der Waals surface area contributed by atoms with Crippen LogP contribution < -0.4 is 4.74 Å². The standard InChI is InChI=1S/C11H13ClFNO3/c1-3-17-11(14)9(15)7-4-6(13)5-8(12)10(7)16-2/h4-5,9,14-15H,3H2,1-2H3. The van der Waals surface area contributed by atoms with Crippen LogP contribution in [0, 0.1) is 11.2 Å². The van der Waals surface area contributed by atoms with Crippen molar-refractivity contribution in [3.63, 3.8) is 0 Å². The monoisotopic (exact) mass is 261 g/mol. The molecule has 0 aromatic heterocycles. The average molecular weight is 262 g/mol. The maximum absolute atomic E-state index is 13.2. The van der Waals surface area contributed by atoms with Crippen LogP contribution in [0.15, 0.2) is 12.1 Å². The zero-order valence-corrected chi connectivity index (χ0v) is 10.2. The smallest absolute Gasteiger partial charge is 0.215 e. The van der Waals surface area contributed by atoms with Crippen molar-refractivity contribution in [3.8, 4) is 5.75 Å². The van der Waals surface area contributed by atoms with Crippen LogP contribution in [-0.2, 0) is 4.74 Å². The summed E-state index contributed by atoms with van der Waals surface area (Å²) >= 11 is 5.77. The van der Waals surface area contributed by atoms with Crippen LogP contribution in [0.5, 0.6) is 5.75 Å². The lowest BCUT2D eigenvalue weighted by atomic mass is 10.1. The van der Waals surface area contributed by atoms with Crippen molar-refractivity contribution >= 4 is 17.5 Å². The molecule has 0 aliphatic heterocycles. The lowest BCUT2D eigenvalue weighted by Crippen LogP contribution is -2.15. The van der Waals surface area contributed by atoms with Gasteiger partial charge >= 0.3 is 0 Å². The van der Waals surface area contributed by atoms with Gasteiger partial charge in [-0.25, -0.2) is 4.39 Å². The summed E-state index contributed by atoms with van der Waals surface area (Å²) in [6, 6.07) is 2.13. The molecule has 0 radical (unpaired) electrons. The number of nitrogens with one attached hydrogen (secondary N) is 1. The molecule has 0 spiro atoms. The van der Waals surface area contributed by atoms with Crippen molar-refractivity contribution in [3.05, 3.63) is 28.5 Å². The number of hydrogen-bond donors (Lipinski definition) is 2. The van der Waals surface area contributed by atoms with E-state index in [9.17, 15) is 9.50 Å². The molecule has 17 heavy (non-hydrogen) atoms. The predicted octanol–water partition coefficient (Wildman–Crippen LogP) is 2.53. The topological polar surface area (TPSA) is 62.5 Å². The lowest BCUT2D eigenvalue weighted by molar-refractivity contribution is 0.186. The molecule has 0 amide bonds. The highest BCUT2D eigenvalue weighted by Gasteiger charge is 2.22. The number of hydrogen-bond acceptors (Lipinski definition) is 4. The van der Waals surface area contributed by atoms with Gasteiger partial charge in [0.25, 0.3) is 0 Å². The van der Waals surface area contributed by atoms with Crippen molar-refractivity contribution in [2.24, 2.45) is 0 Å². The van der Waals surface area contributed by atoms with E-state index in [2.05, 4.69) is 0 Å². The van der Waals surface area contributed by atoms with E-state index >= 15 is 0 Å². The SMILES string of the molecule is CCOC(=N)C(O)c1cc(F)cc(Cl)c1OC. The van der Waals surface area contributed by atoms with Gasteiger partial charge in [-0.05, 0) is 19.1 Å². The molecule has 6 heteroatoms. The highest BCUT2D eigenvalue weighted by molar-refractivity contribution is 6.32. The molecule has 1 aromatic carbocycles. The van der Waals surface area contributed by atoms with Gasteiger partial charge in [0, 0.05) is 5.56 Å². The molecule has 1 rings (SSSR count). The van der Waals surface area contributed by atoms with Crippen LogP contribution in [0.3, 0.4) is 0 Å². The number of halogens is 2. The van der Waals surface area contributed by atoms with Gasteiger partial charge in [-0.2, -0.15) is 0 Å². The molecule has 1 atom stereocenters. The van der Waals surface area contributed by atoms with Gasteiger partial charge in [0.1, 0.15) is 11.6 Å². The normalized spacial score (nSPS) is 12.1. The molecule has 0 saturated heterocycles. The van der Waals surface area contributed by atoms with E-state index < -0.39 is 11.9 Å². The molecule has 2 N–H and O–H groups in total. The summed E-state index contributed by atoms with van der Waals surface area (Å²) in [7, 11) is 1.35. The highest BCUT2D eigenvalue weighted by atomic mass is 35.5. The van der Waals surface area contributed by atoms with E-state index in [1.807, 2.05) is 0 Å². The number of aliphatic hydroxyl groups is 1. The zero-order chi connectivity index (χ0) is 13.0. The van der Waals surface area contributed by atoms with Crippen molar-refractivity contribution in [1.29, 1.82) is 5.41 Å². The van der Waals surface area contributed by atoms with Crippen LogP contribution in [0.25, 0.3) is 0 Å². The first-order valence-corrected chi connectivity index (χ1v) is 5.31. The van der Waals surface area contributed by atoms with Crippen molar-refractivity contribution < 1.29 is 19.0 Å². The number of ether oxygens (including phenoxy) is 2. The second-order valence-electron chi connectivity index (χ2n) is 3.21. The second kappa shape index (κ2) is 5.84. The van der Waals surface area contributed by atoms with E-state index in [-0.39, 0.29) is 28.8 Å². The third-order valence-electron chi connectivity index (χ3n) is 2.08. The molecule has 4 nitrogen and oxygen atoms in total. The third kappa shape index (κ3) is 3.08. The Bertz CT molecular complexity index is 425. The molecule has 0 aliphatic carbocycles. The molecule has 0 bridgehead atoms. The molecular formula is C11H13ClFNO3. The minimum Gasteiger partial charge on any atom is -0.495 e. The number of aliphatic hydroxyl groups excluding tert-OH is 1. The zero-order valence-electron chi connectivity index (χ0n) is 9.46. The Morgan fingerprint density at radius 1 is 1.59 bits per heavy atom. The molecular weight excluding hydrogens is 249 g/mol. The minimum atomic E-state index is -1.40. The Hall–Kier alpha value is -1.33. The molecule has 0 fully saturated rings. The summed E-state index contributed by atoms with van der Waals surface area (Å²) in [5.41, 5.74) is 0.0657. The minimum absolute atomic E-state index is 0.0332. The fourth-order valence-corrected chi connectivity index (χ4v) is 1.66. The molecule has 0 saturated carbocycles. The summed E-state index contributed by atoms with van der Waals surface area (Å²) < 4.78 is 23.0. The first-order valence-electron chi connectivity index (χ1n) is 4.93. The fourth-order valence-electron chi connectivity index (χ4n) is 1.37. The average Bonchev–Trinajstić information content (AvgIpc) is 2.27. The Morgan fingerprint density at radius 3 is 2.76 bits per heavy atom. The van der Waals surface area contributed by atoms with Crippen molar-refractivity contribution in [2.45, 2.75) is 13.0 Å². The quantitative estimate of drug-likeness (QED) is 0.647. The number of methoxy groups -OCH3 is 1. The van der Waals surface area contributed by atoms with Crippen LogP contribution in [0.2, 0.25) is 5.02 Å².